The number of carboxylic acids is 1. The van der Waals surface area contributed by atoms with Gasteiger partial charge in [-0.3, -0.25) is 9.69 Å². The second kappa shape index (κ2) is 20.8. The second-order valence-electron chi connectivity index (χ2n) is 17.7. The number of piperazine rings is 1. The number of aromatic nitrogens is 4. The monoisotopic (exact) mass is 1010 g/mol. The van der Waals surface area contributed by atoms with Crippen molar-refractivity contribution in [3.63, 3.8) is 0 Å². The Morgan fingerprint density at radius 2 is 1.71 bits per heavy atom. The van der Waals surface area contributed by atoms with Gasteiger partial charge in [-0.05, 0) is 85.8 Å². The van der Waals surface area contributed by atoms with Crippen LogP contribution in [0.2, 0.25) is 5.02 Å². The van der Waals surface area contributed by atoms with Crippen LogP contribution in [0.15, 0.2) is 73.2 Å². The van der Waals surface area contributed by atoms with E-state index in [1.807, 2.05) is 33.8 Å². The van der Waals surface area contributed by atoms with Crippen molar-refractivity contribution in [1.29, 1.82) is 0 Å². The number of amides is 2. The lowest BCUT2D eigenvalue weighted by atomic mass is 9.95. The van der Waals surface area contributed by atoms with Gasteiger partial charge in [0, 0.05) is 62.3 Å². The van der Waals surface area contributed by atoms with Crippen molar-refractivity contribution < 1.29 is 56.0 Å². The number of fused-ring (bicyclic) bond motifs is 6. The van der Waals surface area contributed by atoms with Crippen LogP contribution in [0.25, 0.3) is 31.8 Å². The zero-order chi connectivity index (χ0) is 49.9. The van der Waals surface area contributed by atoms with Crippen molar-refractivity contribution in [2.45, 2.75) is 71.4 Å². The number of carboxylic acid groups (broad SMARTS) is 1. The summed E-state index contributed by atoms with van der Waals surface area (Å²) >= 11 is 8.63. The number of benzene rings is 3. The highest BCUT2D eigenvalue weighted by atomic mass is 35.5. The predicted octanol–water partition coefficient (Wildman–Crippen LogP) is 9.34. The van der Waals surface area contributed by atoms with E-state index in [1.54, 1.807) is 46.2 Å². The summed E-state index contributed by atoms with van der Waals surface area (Å²) in [6, 6.07) is 15.7. The molecule has 4 bridgehead atoms. The number of ether oxygens (including phenoxy) is 4. The summed E-state index contributed by atoms with van der Waals surface area (Å²) in [5.74, 6) is -1.92. The van der Waals surface area contributed by atoms with Crippen LogP contribution in [0.5, 0.6) is 17.6 Å². The number of nitrogens with zero attached hydrogens (tertiary/aromatic N) is 7. The third kappa shape index (κ3) is 11.8. The van der Waals surface area contributed by atoms with Crippen molar-refractivity contribution in [3.05, 3.63) is 106 Å². The lowest BCUT2D eigenvalue weighted by molar-refractivity contribution is -0.145. The number of anilines is 1. The minimum atomic E-state index is -4.43. The number of carbonyl (C=O) groups is 3. The van der Waals surface area contributed by atoms with Gasteiger partial charge in [-0.1, -0.05) is 41.9 Å². The van der Waals surface area contributed by atoms with E-state index in [1.165, 1.54) is 42.1 Å². The standard InChI is InChI=1S/C49H48ClF4N7O8S/c1-28-34-10-11-35(41(28)50)61(21-18-59-16-19-60(20-17-59)47(65)69-48(2,3)4)38(62)24-29-5-12-36(67-26-33-13-15-55-46(58-33)66-22-14-49(52,53)54)31(23-29)25-37(45(63)64)68-43-40-39(34)42(70-44(40)57-27-56-43)30-6-8-32(51)9-7-30/h5-13,15,23,27,37H,14,16-22,24-26H2,1-4H3,(H,63,64)/t37-/m1/s1. The Labute approximate surface area is 408 Å². The zero-order valence-corrected chi connectivity index (χ0v) is 40.1. The first-order chi connectivity index (χ1) is 33.3. The highest BCUT2D eigenvalue weighted by Gasteiger charge is 2.32. The molecule has 368 valence electrons. The molecule has 70 heavy (non-hydrogen) atoms. The van der Waals surface area contributed by atoms with E-state index in [0.717, 1.165) is 0 Å². The highest BCUT2D eigenvalue weighted by Crippen LogP contribution is 2.50. The molecular weight excluding hydrogens is 958 g/mol. The summed E-state index contributed by atoms with van der Waals surface area (Å²) in [4.78, 5) is 64.5. The van der Waals surface area contributed by atoms with Crippen LogP contribution in [0.3, 0.4) is 0 Å². The molecule has 1 atom stereocenters. The summed E-state index contributed by atoms with van der Waals surface area (Å²) in [6.07, 6.45) is -5.44. The van der Waals surface area contributed by atoms with Gasteiger partial charge in [0.25, 0.3) is 0 Å². The highest BCUT2D eigenvalue weighted by molar-refractivity contribution is 7.22. The maximum atomic E-state index is 14.8. The molecule has 3 aliphatic heterocycles. The minimum absolute atomic E-state index is 0.0371. The normalized spacial score (nSPS) is 15.8. The number of rotatable bonds is 11. The Morgan fingerprint density at radius 1 is 0.957 bits per heavy atom. The van der Waals surface area contributed by atoms with Gasteiger partial charge in [0.05, 0.1) is 34.6 Å². The number of alkyl halides is 3. The van der Waals surface area contributed by atoms with Crippen molar-refractivity contribution in [2.24, 2.45) is 0 Å². The van der Waals surface area contributed by atoms with Gasteiger partial charge >= 0.3 is 24.2 Å². The van der Waals surface area contributed by atoms with Gasteiger partial charge in [-0.25, -0.2) is 28.9 Å². The summed E-state index contributed by atoms with van der Waals surface area (Å²) in [6.45, 7) is 8.95. The molecule has 1 fully saturated rings. The van der Waals surface area contributed by atoms with E-state index in [0.29, 0.717) is 86.9 Å². The predicted molar refractivity (Wildman–Crippen MR) is 253 cm³/mol. The molecule has 0 radical (unpaired) electrons. The summed E-state index contributed by atoms with van der Waals surface area (Å²) < 4.78 is 75.9. The van der Waals surface area contributed by atoms with E-state index in [4.69, 9.17) is 30.5 Å². The Kier molecular flexibility index (Phi) is 14.8. The van der Waals surface area contributed by atoms with E-state index < -0.39 is 48.8 Å². The molecule has 1 N–H and O–H groups in total. The molecule has 6 aromatic rings. The first-order valence-corrected chi connectivity index (χ1v) is 23.5. The molecule has 2 amide bonds. The van der Waals surface area contributed by atoms with Crippen LogP contribution >= 0.6 is 22.9 Å². The molecule has 3 aromatic carbocycles. The molecule has 1 saturated heterocycles. The minimum Gasteiger partial charge on any atom is -0.487 e. The van der Waals surface area contributed by atoms with Gasteiger partial charge in [-0.15, -0.1) is 11.3 Å². The third-order valence-electron chi connectivity index (χ3n) is 11.5. The molecule has 0 unspecified atom stereocenters. The molecule has 0 spiro atoms. The Hall–Kier alpha value is -6.64. The molecule has 9 rings (SSSR count). The van der Waals surface area contributed by atoms with E-state index >= 15 is 0 Å². The van der Waals surface area contributed by atoms with Gasteiger partial charge in [0.2, 0.25) is 17.9 Å². The lowest BCUT2D eigenvalue weighted by Crippen LogP contribution is -2.51. The van der Waals surface area contributed by atoms with Crippen molar-refractivity contribution >= 4 is 56.8 Å². The summed E-state index contributed by atoms with van der Waals surface area (Å²) in [7, 11) is 0. The third-order valence-corrected chi connectivity index (χ3v) is 13.2. The van der Waals surface area contributed by atoms with Gasteiger partial charge < -0.3 is 33.9 Å². The average Bonchev–Trinajstić information content (AvgIpc) is 3.69. The van der Waals surface area contributed by atoms with Gasteiger partial charge in [0.1, 0.15) is 41.5 Å². The van der Waals surface area contributed by atoms with Crippen molar-refractivity contribution in [2.75, 3.05) is 50.8 Å². The Balaban J connectivity index is 1.18. The first kappa shape index (κ1) is 49.8. The van der Waals surface area contributed by atoms with E-state index in [9.17, 15) is 37.1 Å². The van der Waals surface area contributed by atoms with Crippen LogP contribution in [-0.2, 0) is 33.8 Å². The summed E-state index contributed by atoms with van der Waals surface area (Å²) in [5.41, 5.74) is 3.32. The number of hydrogen-bond donors (Lipinski definition) is 1. The molecule has 6 heterocycles. The van der Waals surface area contributed by atoms with E-state index in [2.05, 4.69) is 24.8 Å². The largest absolute Gasteiger partial charge is 0.487 e. The maximum Gasteiger partial charge on any atom is 0.410 e. The first-order valence-electron chi connectivity index (χ1n) is 22.3. The quantitative estimate of drug-likeness (QED) is 0.122. The Bertz CT molecular complexity index is 2910. The lowest BCUT2D eigenvalue weighted by Gasteiger charge is -2.36. The van der Waals surface area contributed by atoms with Crippen LogP contribution < -0.4 is 19.1 Å². The second-order valence-corrected chi connectivity index (χ2v) is 19.1. The number of aliphatic carboxylic acids is 1. The topological polar surface area (TPSA) is 170 Å². The average molecular weight is 1010 g/mol. The van der Waals surface area contributed by atoms with Crippen molar-refractivity contribution in [3.8, 4) is 39.2 Å². The van der Waals surface area contributed by atoms with Gasteiger partial charge in [0.15, 0.2) is 0 Å². The Morgan fingerprint density at radius 3 is 2.43 bits per heavy atom. The fraction of sp³-hybridized carbons (Fsp3) is 0.367. The fourth-order valence-corrected chi connectivity index (χ4v) is 9.49. The van der Waals surface area contributed by atoms with Crippen LogP contribution in [-0.4, -0.2) is 117 Å². The number of hydrogen-bond acceptors (Lipinski definition) is 13. The smallest absolute Gasteiger partial charge is 0.410 e. The molecule has 0 aliphatic carbocycles. The number of thiophene rings is 1. The SMILES string of the molecule is Cc1c2ccc(c1Cl)N(CCN1CCN(C(=O)OC(C)(C)C)CC1)C(=O)Cc1ccc(OCc3ccnc(OCCC(F)(F)F)n3)c(c1)C[C@H](C(=O)O)Oc1ncnc3sc(-c4ccc(F)cc4)c-2c13. The van der Waals surface area contributed by atoms with E-state index in [-0.39, 0.29) is 60.3 Å². The number of halogens is 5. The molecule has 0 saturated carbocycles. The summed E-state index contributed by atoms with van der Waals surface area (Å²) in [5, 5.41) is 11.4. The number of carbonyl (C=O) groups excluding carboxylic acids is 2. The van der Waals surface area contributed by atoms with Crippen LogP contribution in [0.1, 0.15) is 49.6 Å². The fourth-order valence-electron chi connectivity index (χ4n) is 8.07. The molecule has 3 aromatic heterocycles. The van der Waals surface area contributed by atoms with Crippen LogP contribution in [0.4, 0.5) is 28.0 Å². The maximum absolute atomic E-state index is 14.8. The molecule has 15 nitrogen and oxygen atoms in total. The zero-order valence-electron chi connectivity index (χ0n) is 38.5. The molecule has 3 aliphatic rings. The van der Waals surface area contributed by atoms with Crippen molar-refractivity contribution in [1.82, 2.24) is 29.7 Å². The molecular formula is C49H48ClF4N7O8S. The van der Waals surface area contributed by atoms with Crippen LogP contribution in [0, 0.1) is 12.7 Å². The molecule has 21 heteroatoms. The van der Waals surface area contributed by atoms with Gasteiger partial charge in [-0.2, -0.15) is 18.2 Å².